The van der Waals surface area contributed by atoms with Crippen LogP contribution in [0.1, 0.15) is 27.5 Å². The summed E-state index contributed by atoms with van der Waals surface area (Å²) < 4.78 is 0. The number of halogens is 1. The molecule has 5 heteroatoms. The zero-order valence-electron chi connectivity index (χ0n) is 8.57. The van der Waals surface area contributed by atoms with E-state index >= 15 is 0 Å². The van der Waals surface area contributed by atoms with Crippen molar-refractivity contribution in [2.75, 3.05) is 13.1 Å². The van der Waals surface area contributed by atoms with Crippen LogP contribution >= 0.6 is 27.3 Å². The Morgan fingerprint density at radius 2 is 2.27 bits per heavy atom. The van der Waals surface area contributed by atoms with Crippen molar-refractivity contribution in [2.45, 2.75) is 24.6 Å². The van der Waals surface area contributed by atoms with Crippen LogP contribution in [0.3, 0.4) is 0 Å². The molecule has 1 fully saturated rings. The fourth-order valence-electron chi connectivity index (χ4n) is 1.67. The van der Waals surface area contributed by atoms with Crippen molar-refractivity contribution in [3.63, 3.8) is 0 Å². The predicted octanol–water partition coefficient (Wildman–Crippen LogP) is 2.45. The molecule has 1 amide bonds. The Hall–Kier alpha value is -0.420. The molecular weight excluding hydrogens is 276 g/mol. The van der Waals surface area contributed by atoms with Gasteiger partial charge in [0.1, 0.15) is 4.88 Å². The molecule has 3 nitrogen and oxygen atoms in total. The molecule has 15 heavy (non-hydrogen) atoms. The number of amides is 1. The Bertz CT molecular complexity index is 358. The number of piperidine rings is 1. The topological polar surface area (TPSA) is 33.2 Å². The molecule has 0 spiro atoms. The van der Waals surface area contributed by atoms with E-state index in [-0.39, 0.29) is 5.91 Å². The lowest BCUT2D eigenvalue weighted by atomic mass is 10.1. The molecule has 0 aliphatic carbocycles. The lowest BCUT2D eigenvalue weighted by Crippen LogP contribution is -2.38. The number of aromatic nitrogens is 1. The van der Waals surface area contributed by atoms with Crippen LogP contribution in [-0.4, -0.2) is 33.7 Å². The summed E-state index contributed by atoms with van der Waals surface area (Å²) in [6.07, 6.45) is 3.77. The highest BCUT2D eigenvalue weighted by molar-refractivity contribution is 9.09. The Labute approximate surface area is 102 Å². The van der Waals surface area contributed by atoms with E-state index in [9.17, 15) is 4.79 Å². The van der Waals surface area contributed by atoms with E-state index < -0.39 is 0 Å². The normalized spacial score (nSPS) is 18.1. The molecular formula is C10H13BrN2OS. The molecule has 1 aliphatic rings. The van der Waals surface area contributed by atoms with Crippen molar-refractivity contribution >= 4 is 33.2 Å². The van der Waals surface area contributed by atoms with Crippen LogP contribution in [0.5, 0.6) is 0 Å². The van der Waals surface area contributed by atoms with Crippen LogP contribution in [0, 0.1) is 6.92 Å². The van der Waals surface area contributed by atoms with Gasteiger partial charge >= 0.3 is 0 Å². The van der Waals surface area contributed by atoms with Gasteiger partial charge in [-0.2, -0.15) is 0 Å². The van der Waals surface area contributed by atoms with Crippen LogP contribution in [0.2, 0.25) is 0 Å². The first-order valence-electron chi connectivity index (χ1n) is 5.02. The standard InChI is InChI=1S/C10H13BrN2OS/c1-7-12-6-9(15-7)10(14)13-4-2-8(11)3-5-13/h6,8H,2-5H2,1H3. The molecule has 0 unspecified atom stereocenters. The van der Waals surface area contributed by atoms with Crippen molar-refractivity contribution in [2.24, 2.45) is 0 Å². The van der Waals surface area contributed by atoms with E-state index in [1.54, 1.807) is 6.20 Å². The van der Waals surface area contributed by atoms with Gasteiger partial charge < -0.3 is 4.90 Å². The van der Waals surface area contributed by atoms with Gasteiger partial charge in [-0.05, 0) is 19.8 Å². The fourth-order valence-corrected chi connectivity index (χ4v) is 2.82. The number of carbonyl (C=O) groups excluding carboxylic acids is 1. The lowest BCUT2D eigenvalue weighted by molar-refractivity contribution is 0.0733. The van der Waals surface area contributed by atoms with E-state index in [2.05, 4.69) is 20.9 Å². The lowest BCUT2D eigenvalue weighted by Gasteiger charge is -2.28. The van der Waals surface area contributed by atoms with Gasteiger partial charge in [0.25, 0.3) is 5.91 Å². The molecule has 82 valence electrons. The summed E-state index contributed by atoms with van der Waals surface area (Å²) in [6.45, 7) is 3.63. The molecule has 0 N–H and O–H groups in total. The number of rotatable bonds is 1. The Balaban J connectivity index is 2.02. The summed E-state index contributed by atoms with van der Waals surface area (Å²) in [5.41, 5.74) is 0. The van der Waals surface area contributed by atoms with Gasteiger partial charge in [-0.1, -0.05) is 15.9 Å². The minimum atomic E-state index is 0.139. The van der Waals surface area contributed by atoms with Gasteiger partial charge in [-0.25, -0.2) is 4.98 Å². The number of likely N-dealkylation sites (tertiary alicyclic amines) is 1. The van der Waals surface area contributed by atoms with E-state index in [1.165, 1.54) is 11.3 Å². The Morgan fingerprint density at radius 1 is 1.60 bits per heavy atom. The molecule has 1 aliphatic heterocycles. The van der Waals surface area contributed by atoms with Gasteiger partial charge in [0, 0.05) is 17.9 Å². The monoisotopic (exact) mass is 288 g/mol. The Morgan fingerprint density at radius 3 is 2.80 bits per heavy atom. The molecule has 1 saturated heterocycles. The maximum atomic E-state index is 12.0. The minimum absolute atomic E-state index is 0.139. The molecule has 1 aromatic heterocycles. The quantitative estimate of drug-likeness (QED) is 0.744. The second kappa shape index (κ2) is 4.61. The van der Waals surface area contributed by atoms with Gasteiger partial charge in [0.2, 0.25) is 0 Å². The van der Waals surface area contributed by atoms with Crippen LogP contribution in [0.4, 0.5) is 0 Å². The third kappa shape index (κ3) is 2.58. The summed E-state index contributed by atoms with van der Waals surface area (Å²) in [5.74, 6) is 0.139. The zero-order valence-corrected chi connectivity index (χ0v) is 11.0. The van der Waals surface area contributed by atoms with E-state index in [0.29, 0.717) is 4.83 Å². The van der Waals surface area contributed by atoms with Gasteiger partial charge in [0.15, 0.2) is 0 Å². The van der Waals surface area contributed by atoms with E-state index in [4.69, 9.17) is 0 Å². The fraction of sp³-hybridized carbons (Fsp3) is 0.600. The van der Waals surface area contributed by atoms with Crippen LogP contribution in [0.15, 0.2) is 6.20 Å². The highest BCUT2D eigenvalue weighted by Crippen LogP contribution is 2.21. The molecule has 1 aromatic rings. The first-order chi connectivity index (χ1) is 7.16. The first-order valence-corrected chi connectivity index (χ1v) is 6.76. The summed E-state index contributed by atoms with van der Waals surface area (Å²) in [4.78, 5) is 19.4. The highest BCUT2D eigenvalue weighted by atomic mass is 79.9. The first kappa shape index (κ1) is 11.1. The maximum Gasteiger partial charge on any atom is 0.265 e. The van der Waals surface area contributed by atoms with Crippen LogP contribution < -0.4 is 0 Å². The minimum Gasteiger partial charge on any atom is -0.338 e. The zero-order chi connectivity index (χ0) is 10.8. The largest absolute Gasteiger partial charge is 0.338 e. The molecule has 0 bridgehead atoms. The average Bonchev–Trinajstić information content (AvgIpc) is 2.65. The summed E-state index contributed by atoms with van der Waals surface area (Å²) in [5, 5.41) is 0.953. The molecule has 2 rings (SSSR count). The number of thiazole rings is 1. The second-order valence-corrected chi connectivity index (χ2v) is 6.24. The van der Waals surface area contributed by atoms with Crippen molar-refractivity contribution < 1.29 is 4.79 Å². The third-order valence-corrected chi connectivity index (χ3v) is 4.36. The summed E-state index contributed by atoms with van der Waals surface area (Å²) in [7, 11) is 0. The maximum absolute atomic E-state index is 12.0. The van der Waals surface area contributed by atoms with Crippen molar-refractivity contribution in [1.29, 1.82) is 0 Å². The number of hydrogen-bond donors (Lipinski definition) is 0. The van der Waals surface area contributed by atoms with Crippen molar-refractivity contribution in [1.82, 2.24) is 9.88 Å². The smallest absolute Gasteiger partial charge is 0.265 e. The van der Waals surface area contributed by atoms with Gasteiger partial charge in [-0.3, -0.25) is 4.79 Å². The number of carbonyl (C=O) groups is 1. The molecule has 0 aromatic carbocycles. The van der Waals surface area contributed by atoms with Gasteiger partial charge in [0.05, 0.1) is 11.2 Å². The number of hydrogen-bond acceptors (Lipinski definition) is 3. The van der Waals surface area contributed by atoms with Crippen LogP contribution in [-0.2, 0) is 0 Å². The highest BCUT2D eigenvalue weighted by Gasteiger charge is 2.23. The molecule has 0 atom stereocenters. The molecule has 2 heterocycles. The second-order valence-electron chi connectivity index (χ2n) is 3.71. The predicted molar refractivity (Wildman–Crippen MR) is 64.7 cm³/mol. The summed E-state index contributed by atoms with van der Waals surface area (Å²) in [6, 6.07) is 0. The Kier molecular flexibility index (Phi) is 3.41. The SMILES string of the molecule is Cc1ncc(C(=O)N2CCC(Br)CC2)s1. The van der Waals surface area contributed by atoms with E-state index in [0.717, 1.165) is 35.8 Å². The number of aryl methyl sites for hydroxylation is 1. The molecule has 0 saturated carbocycles. The number of alkyl halides is 1. The third-order valence-electron chi connectivity index (χ3n) is 2.54. The van der Waals surface area contributed by atoms with Gasteiger partial charge in [-0.15, -0.1) is 11.3 Å². The van der Waals surface area contributed by atoms with Crippen LogP contribution in [0.25, 0.3) is 0 Å². The van der Waals surface area contributed by atoms with Crippen molar-refractivity contribution in [3.8, 4) is 0 Å². The van der Waals surface area contributed by atoms with Crippen molar-refractivity contribution in [3.05, 3.63) is 16.1 Å². The van der Waals surface area contributed by atoms with E-state index in [1.807, 2.05) is 11.8 Å². The average molecular weight is 289 g/mol. The molecule has 0 radical (unpaired) electrons. The number of nitrogens with zero attached hydrogens (tertiary/aromatic N) is 2. The summed E-state index contributed by atoms with van der Waals surface area (Å²) >= 11 is 5.05.